The van der Waals surface area contributed by atoms with Crippen molar-refractivity contribution >= 4 is 43.6 Å². The average molecular weight is 611 g/mol. The molecule has 0 aliphatic heterocycles. The van der Waals surface area contributed by atoms with Gasteiger partial charge < -0.3 is 9.13 Å². The van der Waals surface area contributed by atoms with Gasteiger partial charge in [-0.15, -0.1) is 0 Å². The first-order valence-corrected chi connectivity index (χ1v) is 15.9. The second-order valence-corrected chi connectivity index (χ2v) is 11.9. The van der Waals surface area contributed by atoms with E-state index in [0.29, 0.717) is 11.1 Å². The van der Waals surface area contributed by atoms with Gasteiger partial charge in [0, 0.05) is 27.1 Å². The summed E-state index contributed by atoms with van der Waals surface area (Å²) in [5, 5.41) is 24.8. The van der Waals surface area contributed by atoms with Gasteiger partial charge in [0.1, 0.15) is 6.07 Å². The molecule has 0 saturated carbocycles. The number of benzene rings is 7. The van der Waals surface area contributed by atoms with Crippen molar-refractivity contribution in [1.82, 2.24) is 9.13 Å². The molecule has 4 nitrogen and oxygen atoms in total. The molecule has 9 rings (SSSR count). The van der Waals surface area contributed by atoms with E-state index < -0.39 is 0 Å². The van der Waals surface area contributed by atoms with Crippen LogP contribution >= 0.6 is 0 Å². The minimum absolute atomic E-state index is 0.558. The predicted molar refractivity (Wildman–Crippen MR) is 195 cm³/mol. The van der Waals surface area contributed by atoms with Crippen LogP contribution < -0.4 is 0 Å². The van der Waals surface area contributed by atoms with Crippen LogP contribution in [0.15, 0.2) is 158 Å². The summed E-state index contributed by atoms with van der Waals surface area (Å²) in [4.78, 5) is 0. The topological polar surface area (TPSA) is 57.4 Å². The number of nitrogens with zero attached hydrogens (tertiary/aromatic N) is 4. The molecule has 0 aliphatic rings. The van der Waals surface area contributed by atoms with Crippen LogP contribution in [0.1, 0.15) is 11.1 Å². The number of para-hydroxylation sites is 4. The van der Waals surface area contributed by atoms with Crippen LogP contribution in [0, 0.1) is 22.7 Å². The molecule has 0 unspecified atom stereocenters. The summed E-state index contributed by atoms with van der Waals surface area (Å²) in [6.45, 7) is 0. The molecule has 0 amide bonds. The average Bonchev–Trinajstić information content (AvgIpc) is 3.67. The molecular formula is C44H26N4. The largest absolute Gasteiger partial charge is 0.309 e. The van der Waals surface area contributed by atoms with E-state index in [9.17, 15) is 10.5 Å². The van der Waals surface area contributed by atoms with Gasteiger partial charge >= 0.3 is 0 Å². The fourth-order valence-corrected chi connectivity index (χ4v) is 7.41. The highest BCUT2D eigenvalue weighted by atomic mass is 15.0. The molecule has 7 aromatic carbocycles. The van der Waals surface area contributed by atoms with Crippen LogP contribution in [0.3, 0.4) is 0 Å². The van der Waals surface area contributed by atoms with Crippen molar-refractivity contribution in [2.45, 2.75) is 0 Å². The SMILES string of the molecule is N#Cc1cc(-c2ccccc2-c2ccccc2-n2c3ccccc3c3ccccc32)ccc1-n1c2ccccc2c2c(C#N)cccc21. The number of fused-ring (bicyclic) bond motifs is 6. The lowest BCUT2D eigenvalue weighted by atomic mass is 9.92. The third kappa shape index (κ3) is 4.01. The Morgan fingerprint density at radius 3 is 1.58 bits per heavy atom. The molecule has 222 valence electrons. The van der Waals surface area contributed by atoms with Gasteiger partial charge in [-0.05, 0) is 65.2 Å². The first-order valence-electron chi connectivity index (χ1n) is 15.9. The Hall–Kier alpha value is -6.88. The lowest BCUT2D eigenvalue weighted by Crippen LogP contribution is -1.99. The van der Waals surface area contributed by atoms with E-state index in [2.05, 4.69) is 124 Å². The summed E-state index contributed by atoms with van der Waals surface area (Å²) in [7, 11) is 0. The van der Waals surface area contributed by atoms with E-state index in [-0.39, 0.29) is 0 Å². The Balaban J connectivity index is 1.25. The number of nitriles is 2. The maximum atomic E-state index is 10.6. The fourth-order valence-electron chi connectivity index (χ4n) is 7.41. The zero-order chi connectivity index (χ0) is 32.2. The van der Waals surface area contributed by atoms with Gasteiger partial charge in [-0.25, -0.2) is 0 Å². The van der Waals surface area contributed by atoms with Crippen LogP contribution in [0.2, 0.25) is 0 Å². The smallest absolute Gasteiger partial charge is 0.101 e. The Bertz CT molecular complexity index is 2760. The van der Waals surface area contributed by atoms with Crippen LogP contribution in [0.5, 0.6) is 0 Å². The highest BCUT2D eigenvalue weighted by Crippen LogP contribution is 2.41. The van der Waals surface area contributed by atoms with E-state index >= 15 is 0 Å². The summed E-state index contributed by atoms with van der Waals surface area (Å²) in [6.07, 6.45) is 0. The molecule has 0 atom stereocenters. The zero-order valence-electron chi connectivity index (χ0n) is 25.8. The third-order valence-electron chi connectivity index (χ3n) is 9.43. The Morgan fingerprint density at radius 1 is 0.375 bits per heavy atom. The molecule has 48 heavy (non-hydrogen) atoms. The Labute approximate surface area is 277 Å². The first kappa shape index (κ1) is 27.4. The highest BCUT2D eigenvalue weighted by molar-refractivity contribution is 6.12. The third-order valence-corrected chi connectivity index (χ3v) is 9.43. The maximum absolute atomic E-state index is 10.6. The molecule has 0 aliphatic carbocycles. The van der Waals surface area contributed by atoms with E-state index in [1.54, 1.807) is 0 Å². The molecule has 0 fully saturated rings. The minimum Gasteiger partial charge on any atom is -0.309 e. The zero-order valence-corrected chi connectivity index (χ0v) is 25.8. The quantitative estimate of drug-likeness (QED) is 0.199. The molecule has 0 saturated heterocycles. The van der Waals surface area contributed by atoms with E-state index in [1.165, 1.54) is 10.8 Å². The van der Waals surface area contributed by atoms with E-state index in [4.69, 9.17) is 0 Å². The van der Waals surface area contributed by atoms with Crippen molar-refractivity contribution in [2.75, 3.05) is 0 Å². The van der Waals surface area contributed by atoms with Crippen molar-refractivity contribution in [1.29, 1.82) is 10.5 Å². The second-order valence-electron chi connectivity index (χ2n) is 11.9. The summed E-state index contributed by atoms with van der Waals surface area (Å²) < 4.78 is 4.47. The molecule has 9 aromatic rings. The number of hydrogen-bond acceptors (Lipinski definition) is 2. The molecule has 0 bridgehead atoms. The summed E-state index contributed by atoms with van der Waals surface area (Å²) in [6, 6.07) is 58.9. The number of rotatable bonds is 4. The van der Waals surface area contributed by atoms with Gasteiger partial charge in [-0.2, -0.15) is 10.5 Å². The second kappa shape index (κ2) is 10.9. The molecule has 0 spiro atoms. The van der Waals surface area contributed by atoms with Gasteiger partial charge in [0.2, 0.25) is 0 Å². The van der Waals surface area contributed by atoms with Gasteiger partial charge in [-0.1, -0.05) is 109 Å². The van der Waals surface area contributed by atoms with Crippen LogP contribution in [0.4, 0.5) is 0 Å². The van der Waals surface area contributed by atoms with Crippen LogP contribution in [-0.2, 0) is 0 Å². The highest BCUT2D eigenvalue weighted by Gasteiger charge is 2.20. The van der Waals surface area contributed by atoms with Crippen LogP contribution in [-0.4, -0.2) is 9.13 Å². The first-order chi connectivity index (χ1) is 23.8. The van der Waals surface area contributed by atoms with Crippen molar-refractivity contribution in [3.8, 4) is 45.8 Å². The molecule has 2 heterocycles. The summed E-state index contributed by atoms with van der Waals surface area (Å²) >= 11 is 0. The molecular weight excluding hydrogens is 585 g/mol. The lowest BCUT2D eigenvalue weighted by molar-refractivity contribution is 1.17. The normalized spacial score (nSPS) is 11.3. The maximum Gasteiger partial charge on any atom is 0.101 e. The van der Waals surface area contributed by atoms with E-state index in [1.807, 2.05) is 54.6 Å². The fraction of sp³-hybridized carbons (Fsp3) is 0. The van der Waals surface area contributed by atoms with Crippen molar-refractivity contribution in [3.05, 3.63) is 169 Å². The minimum atomic E-state index is 0.558. The number of hydrogen-bond donors (Lipinski definition) is 0. The molecule has 4 heteroatoms. The summed E-state index contributed by atoms with van der Waals surface area (Å²) in [5.74, 6) is 0. The van der Waals surface area contributed by atoms with Gasteiger partial charge in [0.15, 0.2) is 0 Å². The van der Waals surface area contributed by atoms with Gasteiger partial charge in [0.05, 0.1) is 50.6 Å². The summed E-state index contributed by atoms with van der Waals surface area (Å²) in [5.41, 5.74) is 11.4. The molecule has 0 N–H and O–H groups in total. The Morgan fingerprint density at radius 2 is 0.896 bits per heavy atom. The molecule has 2 aromatic heterocycles. The van der Waals surface area contributed by atoms with Gasteiger partial charge in [-0.3, -0.25) is 0 Å². The van der Waals surface area contributed by atoms with Crippen LogP contribution in [0.25, 0.3) is 77.2 Å². The predicted octanol–water partition coefficient (Wildman–Crippen LogP) is 11.0. The van der Waals surface area contributed by atoms with Crippen molar-refractivity contribution < 1.29 is 0 Å². The Kier molecular flexibility index (Phi) is 6.22. The standard InChI is InChI=1S/C44H26N4/c45-27-30-12-11-23-43-44(30)37-18-6-10-22-42(37)47(43)38-25-24-29(26-31(38)28-46)32-13-1-2-14-33(32)34-15-3-7-19-39(34)48-40-20-8-4-16-35(40)36-17-5-9-21-41(36)48/h1-26H. The number of aromatic nitrogens is 2. The van der Waals surface area contributed by atoms with Gasteiger partial charge in [0.25, 0.3) is 0 Å². The monoisotopic (exact) mass is 610 g/mol. The molecule has 0 radical (unpaired) electrons. The lowest BCUT2D eigenvalue weighted by Gasteiger charge is -2.17. The van der Waals surface area contributed by atoms with E-state index in [0.717, 1.165) is 66.5 Å². The van der Waals surface area contributed by atoms with Crippen molar-refractivity contribution in [3.63, 3.8) is 0 Å². The van der Waals surface area contributed by atoms with Crippen molar-refractivity contribution in [2.24, 2.45) is 0 Å².